The summed E-state index contributed by atoms with van der Waals surface area (Å²) in [7, 11) is 0. The molecule has 2 fully saturated rings. The number of rotatable bonds is 5. The zero-order valence-electron chi connectivity index (χ0n) is 13.4. The maximum atomic E-state index is 6.26. The topological polar surface area (TPSA) is 47.7 Å². The Kier molecular flexibility index (Phi) is 5.84. The number of morpholine rings is 1. The predicted octanol–water partition coefficient (Wildman–Crippen LogP) is 2.02. The first kappa shape index (κ1) is 16.2. The van der Waals surface area contributed by atoms with Gasteiger partial charge in [-0.1, -0.05) is 6.92 Å². The highest BCUT2D eigenvalue weighted by Gasteiger charge is 2.35. The Balaban J connectivity index is 1.81. The van der Waals surface area contributed by atoms with Gasteiger partial charge >= 0.3 is 0 Å². The third kappa shape index (κ3) is 4.17. The molecule has 1 aliphatic heterocycles. The highest BCUT2D eigenvalue weighted by Crippen LogP contribution is 2.34. The van der Waals surface area contributed by atoms with Crippen LogP contribution in [0.15, 0.2) is 0 Å². The quantitative estimate of drug-likeness (QED) is 0.839. The number of hydrogen-bond donors (Lipinski definition) is 1. The second kappa shape index (κ2) is 7.21. The smallest absolute Gasteiger partial charge is 0.0936 e. The fourth-order valence-electron chi connectivity index (χ4n) is 3.28. The fourth-order valence-corrected chi connectivity index (χ4v) is 3.28. The van der Waals surface area contributed by atoms with Gasteiger partial charge in [0.1, 0.15) is 0 Å². The molecule has 2 aliphatic rings. The van der Waals surface area contributed by atoms with Gasteiger partial charge in [-0.2, -0.15) is 0 Å². The van der Waals surface area contributed by atoms with Crippen LogP contribution >= 0.6 is 0 Å². The lowest BCUT2D eigenvalue weighted by Crippen LogP contribution is -2.50. The van der Waals surface area contributed by atoms with Crippen molar-refractivity contribution in [3.05, 3.63) is 0 Å². The summed E-state index contributed by atoms with van der Waals surface area (Å²) < 4.78 is 12.1. The summed E-state index contributed by atoms with van der Waals surface area (Å²) in [4.78, 5) is 2.47. The van der Waals surface area contributed by atoms with E-state index in [9.17, 15) is 0 Å². The van der Waals surface area contributed by atoms with Crippen molar-refractivity contribution >= 4 is 0 Å². The van der Waals surface area contributed by atoms with Gasteiger partial charge in [-0.3, -0.25) is 4.90 Å². The number of nitrogens with zero attached hydrogens (tertiary/aromatic N) is 1. The van der Waals surface area contributed by atoms with Crippen molar-refractivity contribution in [2.45, 2.75) is 64.2 Å². The van der Waals surface area contributed by atoms with Gasteiger partial charge < -0.3 is 15.2 Å². The maximum absolute atomic E-state index is 6.26. The lowest BCUT2D eigenvalue weighted by molar-refractivity contribution is -0.132. The van der Waals surface area contributed by atoms with E-state index >= 15 is 0 Å². The second-order valence-electron chi connectivity index (χ2n) is 6.96. The Hall–Kier alpha value is -0.160. The summed E-state index contributed by atoms with van der Waals surface area (Å²) >= 11 is 0. The summed E-state index contributed by atoms with van der Waals surface area (Å²) in [5.41, 5.74) is 5.91. The van der Waals surface area contributed by atoms with Gasteiger partial charge in [0.15, 0.2) is 0 Å². The van der Waals surface area contributed by atoms with E-state index in [2.05, 4.69) is 25.7 Å². The average Bonchev–Trinajstić information content (AvgIpc) is 2.47. The number of hydrogen-bond acceptors (Lipinski definition) is 4. The van der Waals surface area contributed by atoms with E-state index in [0.29, 0.717) is 19.2 Å². The molecule has 4 heteroatoms. The molecule has 2 rings (SSSR count). The molecule has 0 aromatic heterocycles. The Labute approximate surface area is 124 Å². The van der Waals surface area contributed by atoms with Crippen LogP contribution in [-0.2, 0) is 9.47 Å². The lowest BCUT2D eigenvalue weighted by atomic mass is 9.79. The van der Waals surface area contributed by atoms with Gasteiger partial charge in [0.2, 0.25) is 0 Å². The molecule has 0 amide bonds. The van der Waals surface area contributed by atoms with Crippen LogP contribution in [0.1, 0.15) is 46.5 Å². The van der Waals surface area contributed by atoms with E-state index in [0.717, 1.165) is 38.5 Å². The number of nitrogens with two attached hydrogens (primary N) is 1. The van der Waals surface area contributed by atoms with E-state index in [1.807, 2.05) is 0 Å². The first-order valence-electron chi connectivity index (χ1n) is 8.24. The van der Waals surface area contributed by atoms with Crippen molar-refractivity contribution in [1.82, 2.24) is 4.90 Å². The molecule has 2 N–H and O–H groups in total. The van der Waals surface area contributed by atoms with Crippen LogP contribution in [0.3, 0.4) is 0 Å². The molecule has 1 saturated heterocycles. The van der Waals surface area contributed by atoms with Crippen LogP contribution in [0.4, 0.5) is 0 Å². The molecular formula is C16H32N2O2. The third-order valence-electron chi connectivity index (χ3n) is 5.03. The molecule has 4 nitrogen and oxygen atoms in total. The summed E-state index contributed by atoms with van der Waals surface area (Å²) in [5, 5.41) is 0. The SMILES string of the molecule is CC1CCC(CN)(OCC2CN(C(C)C)CCO2)CC1. The van der Waals surface area contributed by atoms with E-state index < -0.39 is 0 Å². The lowest BCUT2D eigenvalue weighted by Gasteiger charge is -2.41. The average molecular weight is 284 g/mol. The van der Waals surface area contributed by atoms with E-state index in [1.165, 1.54) is 12.8 Å². The van der Waals surface area contributed by atoms with Gasteiger partial charge in [0.25, 0.3) is 0 Å². The van der Waals surface area contributed by atoms with Crippen LogP contribution in [0, 0.1) is 5.92 Å². The van der Waals surface area contributed by atoms with Crippen LogP contribution in [0.5, 0.6) is 0 Å². The first-order valence-corrected chi connectivity index (χ1v) is 8.24. The second-order valence-corrected chi connectivity index (χ2v) is 6.96. The Morgan fingerprint density at radius 2 is 2.05 bits per heavy atom. The van der Waals surface area contributed by atoms with Crippen molar-refractivity contribution < 1.29 is 9.47 Å². The molecule has 0 spiro atoms. The normalized spacial score (nSPS) is 36.5. The fraction of sp³-hybridized carbons (Fsp3) is 1.00. The Morgan fingerprint density at radius 3 is 2.65 bits per heavy atom. The van der Waals surface area contributed by atoms with E-state index in [4.69, 9.17) is 15.2 Å². The van der Waals surface area contributed by atoms with Gasteiger partial charge in [0, 0.05) is 25.7 Å². The van der Waals surface area contributed by atoms with E-state index in [1.54, 1.807) is 0 Å². The maximum Gasteiger partial charge on any atom is 0.0936 e. The van der Waals surface area contributed by atoms with Crippen molar-refractivity contribution in [3.8, 4) is 0 Å². The van der Waals surface area contributed by atoms with Gasteiger partial charge in [-0.25, -0.2) is 0 Å². The summed E-state index contributed by atoms with van der Waals surface area (Å²) in [6, 6.07) is 0.584. The molecule has 20 heavy (non-hydrogen) atoms. The zero-order chi connectivity index (χ0) is 14.6. The molecule has 1 saturated carbocycles. The Bertz CT molecular complexity index is 288. The van der Waals surface area contributed by atoms with Crippen LogP contribution in [-0.4, -0.2) is 55.5 Å². The minimum atomic E-state index is -0.0873. The van der Waals surface area contributed by atoms with Crippen LogP contribution < -0.4 is 5.73 Å². The summed E-state index contributed by atoms with van der Waals surface area (Å²) in [6.07, 6.45) is 4.88. The molecule has 0 aromatic carbocycles. The molecule has 0 radical (unpaired) electrons. The molecule has 0 bridgehead atoms. The van der Waals surface area contributed by atoms with Crippen molar-refractivity contribution in [2.75, 3.05) is 32.8 Å². The molecule has 1 heterocycles. The molecule has 1 unspecified atom stereocenters. The van der Waals surface area contributed by atoms with Crippen LogP contribution in [0.2, 0.25) is 0 Å². The van der Waals surface area contributed by atoms with E-state index in [-0.39, 0.29) is 11.7 Å². The monoisotopic (exact) mass is 284 g/mol. The summed E-state index contributed by atoms with van der Waals surface area (Å²) in [5.74, 6) is 0.820. The summed E-state index contributed by atoms with van der Waals surface area (Å²) in [6.45, 7) is 11.0. The van der Waals surface area contributed by atoms with Crippen molar-refractivity contribution in [1.29, 1.82) is 0 Å². The molecule has 1 aliphatic carbocycles. The number of ether oxygens (including phenoxy) is 2. The highest BCUT2D eigenvalue weighted by atomic mass is 16.5. The van der Waals surface area contributed by atoms with Crippen LogP contribution in [0.25, 0.3) is 0 Å². The molecular weight excluding hydrogens is 252 g/mol. The van der Waals surface area contributed by atoms with Crippen molar-refractivity contribution in [2.24, 2.45) is 11.7 Å². The van der Waals surface area contributed by atoms with Crippen molar-refractivity contribution in [3.63, 3.8) is 0 Å². The van der Waals surface area contributed by atoms with Gasteiger partial charge in [-0.15, -0.1) is 0 Å². The first-order chi connectivity index (χ1) is 9.54. The Morgan fingerprint density at radius 1 is 1.35 bits per heavy atom. The minimum absolute atomic E-state index is 0.0873. The van der Waals surface area contributed by atoms with Gasteiger partial charge in [-0.05, 0) is 45.4 Å². The molecule has 1 atom stereocenters. The standard InChI is InChI=1S/C16H32N2O2/c1-13(2)18-8-9-19-15(10-18)11-20-16(12-17)6-4-14(3)5-7-16/h13-15H,4-12,17H2,1-3H3. The largest absolute Gasteiger partial charge is 0.373 e. The van der Waals surface area contributed by atoms with Gasteiger partial charge in [0.05, 0.1) is 24.9 Å². The highest BCUT2D eigenvalue weighted by molar-refractivity contribution is 4.88. The molecule has 0 aromatic rings. The minimum Gasteiger partial charge on any atom is -0.373 e. The third-order valence-corrected chi connectivity index (χ3v) is 5.03. The zero-order valence-corrected chi connectivity index (χ0v) is 13.4. The predicted molar refractivity (Wildman–Crippen MR) is 81.8 cm³/mol. The molecule has 118 valence electrons.